The number of alkyl halides is 3. The lowest BCUT2D eigenvalue weighted by molar-refractivity contribution is -0.143. The van der Waals surface area contributed by atoms with E-state index in [-0.39, 0.29) is 5.92 Å². The molecule has 0 aromatic carbocycles. The summed E-state index contributed by atoms with van der Waals surface area (Å²) in [5.74, 6) is -0.218. The molecule has 0 aliphatic carbocycles. The van der Waals surface area contributed by atoms with Crippen molar-refractivity contribution in [3.8, 4) is 0 Å². The highest BCUT2D eigenvalue weighted by Crippen LogP contribution is 2.26. The average Bonchev–Trinajstić information content (AvgIpc) is 1.59. The zero-order valence-electron chi connectivity index (χ0n) is 6.33. The van der Waals surface area contributed by atoms with Crippen LogP contribution < -0.4 is 0 Å². The van der Waals surface area contributed by atoms with Crippen LogP contribution in [0.5, 0.6) is 0 Å². The molecule has 0 aliphatic rings. The third kappa shape index (κ3) is 5.92. The molecule has 0 nitrogen and oxygen atoms in total. The molecule has 0 aliphatic heterocycles. The van der Waals surface area contributed by atoms with Crippen molar-refractivity contribution in [2.75, 3.05) is 0 Å². The molecule has 0 fully saturated rings. The van der Waals surface area contributed by atoms with E-state index in [9.17, 15) is 13.2 Å². The second-order valence-corrected chi connectivity index (χ2v) is 2.71. The van der Waals surface area contributed by atoms with E-state index in [4.69, 9.17) is 0 Å². The predicted octanol–water partition coefficient (Wildman–Crippen LogP) is 3.38. The van der Waals surface area contributed by atoms with Gasteiger partial charge in [0, 0.05) is 6.42 Å². The maximum atomic E-state index is 11.6. The lowest BCUT2D eigenvalue weighted by Gasteiger charge is -2.11. The standard InChI is InChI=1S/C7H13F3/c1-3-4-6(2)5-7(8,9)10/h6H,3-5H2,1-2H3/t6-/m0/s1. The summed E-state index contributed by atoms with van der Waals surface area (Å²) in [5.41, 5.74) is 0. The van der Waals surface area contributed by atoms with Gasteiger partial charge < -0.3 is 0 Å². The molecule has 0 heterocycles. The van der Waals surface area contributed by atoms with E-state index in [1.807, 2.05) is 6.92 Å². The zero-order chi connectivity index (χ0) is 8.20. The number of rotatable bonds is 3. The van der Waals surface area contributed by atoms with Crippen molar-refractivity contribution in [3.05, 3.63) is 0 Å². The van der Waals surface area contributed by atoms with Crippen LogP contribution in [0.3, 0.4) is 0 Å². The Bertz CT molecular complexity index is 85.3. The van der Waals surface area contributed by atoms with Gasteiger partial charge in [-0.05, 0) is 5.92 Å². The van der Waals surface area contributed by atoms with Crippen LogP contribution in [-0.2, 0) is 0 Å². The van der Waals surface area contributed by atoms with Gasteiger partial charge in [-0.1, -0.05) is 26.7 Å². The Kier molecular flexibility index (Phi) is 3.76. The highest BCUT2D eigenvalue weighted by atomic mass is 19.4. The molecule has 62 valence electrons. The Balaban J connectivity index is 3.47. The minimum atomic E-state index is -3.98. The van der Waals surface area contributed by atoms with E-state index in [1.54, 1.807) is 6.92 Å². The Morgan fingerprint density at radius 3 is 2.10 bits per heavy atom. The van der Waals surface area contributed by atoms with E-state index in [0.717, 1.165) is 6.42 Å². The molecule has 0 bridgehead atoms. The van der Waals surface area contributed by atoms with Gasteiger partial charge in [-0.25, -0.2) is 0 Å². The maximum Gasteiger partial charge on any atom is 0.389 e. The second kappa shape index (κ2) is 3.84. The summed E-state index contributed by atoms with van der Waals surface area (Å²) in [7, 11) is 0. The predicted molar refractivity (Wildman–Crippen MR) is 34.7 cm³/mol. The third-order valence-electron chi connectivity index (χ3n) is 1.36. The molecule has 0 saturated heterocycles. The summed E-state index contributed by atoms with van der Waals surface area (Å²) >= 11 is 0. The van der Waals surface area contributed by atoms with Crippen molar-refractivity contribution in [1.82, 2.24) is 0 Å². The third-order valence-corrected chi connectivity index (χ3v) is 1.36. The van der Waals surface area contributed by atoms with E-state index in [1.165, 1.54) is 0 Å². The van der Waals surface area contributed by atoms with Gasteiger partial charge in [0.1, 0.15) is 0 Å². The fraction of sp³-hybridized carbons (Fsp3) is 1.00. The first-order valence-corrected chi connectivity index (χ1v) is 3.52. The van der Waals surface area contributed by atoms with Crippen LogP contribution in [0.15, 0.2) is 0 Å². The molecule has 3 heteroatoms. The lowest BCUT2D eigenvalue weighted by Crippen LogP contribution is -2.12. The van der Waals surface area contributed by atoms with Crippen LogP contribution in [0.25, 0.3) is 0 Å². The van der Waals surface area contributed by atoms with Crippen molar-refractivity contribution < 1.29 is 13.2 Å². The van der Waals surface area contributed by atoms with Gasteiger partial charge in [0.05, 0.1) is 0 Å². The maximum absolute atomic E-state index is 11.6. The molecule has 0 amide bonds. The SMILES string of the molecule is CCC[C@H](C)CC(F)(F)F. The van der Waals surface area contributed by atoms with E-state index >= 15 is 0 Å². The van der Waals surface area contributed by atoms with Gasteiger partial charge in [0.25, 0.3) is 0 Å². The van der Waals surface area contributed by atoms with Crippen LogP contribution in [0, 0.1) is 5.92 Å². The molecule has 10 heavy (non-hydrogen) atoms. The highest BCUT2D eigenvalue weighted by molar-refractivity contribution is 4.58. The normalized spacial score (nSPS) is 15.3. The van der Waals surface area contributed by atoms with Crippen molar-refractivity contribution in [3.63, 3.8) is 0 Å². The Hall–Kier alpha value is -0.210. The molecule has 0 spiro atoms. The van der Waals surface area contributed by atoms with E-state index in [0.29, 0.717) is 6.42 Å². The van der Waals surface area contributed by atoms with Crippen molar-refractivity contribution >= 4 is 0 Å². The minimum absolute atomic E-state index is 0.218. The minimum Gasteiger partial charge on any atom is -0.171 e. The van der Waals surface area contributed by atoms with E-state index < -0.39 is 12.6 Å². The van der Waals surface area contributed by atoms with Crippen LogP contribution in [-0.4, -0.2) is 6.18 Å². The molecular formula is C7H13F3. The largest absolute Gasteiger partial charge is 0.389 e. The first-order chi connectivity index (χ1) is 4.45. The number of hydrogen-bond acceptors (Lipinski definition) is 0. The van der Waals surface area contributed by atoms with Crippen LogP contribution in [0.1, 0.15) is 33.1 Å². The number of halogens is 3. The molecule has 0 radical (unpaired) electrons. The summed E-state index contributed by atoms with van der Waals surface area (Å²) in [5, 5.41) is 0. The molecular weight excluding hydrogens is 141 g/mol. The Morgan fingerprint density at radius 1 is 1.30 bits per heavy atom. The molecule has 0 rings (SSSR count). The molecule has 0 N–H and O–H groups in total. The van der Waals surface area contributed by atoms with Crippen LogP contribution >= 0.6 is 0 Å². The lowest BCUT2D eigenvalue weighted by atomic mass is 10.0. The Morgan fingerprint density at radius 2 is 1.80 bits per heavy atom. The average molecular weight is 154 g/mol. The Labute approximate surface area is 59.4 Å². The first-order valence-electron chi connectivity index (χ1n) is 3.52. The van der Waals surface area contributed by atoms with E-state index in [2.05, 4.69) is 0 Å². The van der Waals surface area contributed by atoms with Crippen molar-refractivity contribution in [2.45, 2.75) is 39.3 Å². The summed E-state index contributed by atoms with van der Waals surface area (Å²) in [4.78, 5) is 0. The van der Waals surface area contributed by atoms with Crippen molar-refractivity contribution in [1.29, 1.82) is 0 Å². The van der Waals surface area contributed by atoms with Gasteiger partial charge in [-0.2, -0.15) is 13.2 Å². The highest BCUT2D eigenvalue weighted by Gasteiger charge is 2.29. The van der Waals surface area contributed by atoms with Crippen molar-refractivity contribution in [2.24, 2.45) is 5.92 Å². The van der Waals surface area contributed by atoms with Crippen LogP contribution in [0.2, 0.25) is 0 Å². The van der Waals surface area contributed by atoms with Gasteiger partial charge >= 0.3 is 6.18 Å². The molecule has 0 aromatic heterocycles. The zero-order valence-corrected chi connectivity index (χ0v) is 6.33. The van der Waals surface area contributed by atoms with Gasteiger partial charge in [-0.3, -0.25) is 0 Å². The molecule has 0 unspecified atom stereocenters. The van der Waals surface area contributed by atoms with Gasteiger partial charge in [0.2, 0.25) is 0 Å². The van der Waals surface area contributed by atoms with Gasteiger partial charge in [0.15, 0.2) is 0 Å². The molecule has 0 aromatic rings. The van der Waals surface area contributed by atoms with Crippen LogP contribution in [0.4, 0.5) is 13.2 Å². The topological polar surface area (TPSA) is 0 Å². The first kappa shape index (κ1) is 9.79. The quantitative estimate of drug-likeness (QED) is 0.584. The molecule has 0 saturated carbocycles. The fourth-order valence-corrected chi connectivity index (χ4v) is 0.990. The smallest absolute Gasteiger partial charge is 0.171 e. The number of hydrogen-bond donors (Lipinski definition) is 0. The van der Waals surface area contributed by atoms with Gasteiger partial charge in [-0.15, -0.1) is 0 Å². The summed E-state index contributed by atoms with van der Waals surface area (Å²) in [6.07, 6.45) is -3.12. The molecule has 1 atom stereocenters. The summed E-state index contributed by atoms with van der Waals surface area (Å²) in [6.45, 7) is 3.53. The fourth-order valence-electron chi connectivity index (χ4n) is 0.990. The monoisotopic (exact) mass is 154 g/mol. The second-order valence-electron chi connectivity index (χ2n) is 2.71. The summed E-state index contributed by atoms with van der Waals surface area (Å²) < 4.78 is 34.9. The summed E-state index contributed by atoms with van der Waals surface area (Å²) in [6, 6.07) is 0.